The number of primary sulfonamides is 1. The van der Waals surface area contributed by atoms with Crippen LogP contribution in [0, 0.1) is 5.82 Å². The minimum atomic E-state index is -4.35. The minimum Gasteiger partial charge on any atom is -0.453 e. The summed E-state index contributed by atoms with van der Waals surface area (Å²) in [6.45, 7) is 0. The maximum absolute atomic E-state index is 14.7. The monoisotopic (exact) mass is 434 g/mol. The maximum atomic E-state index is 14.7. The molecule has 0 heterocycles. The van der Waals surface area contributed by atoms with Crippen molar-refractivity contribution in [3.63, 3.8) is 0 Å². The Morgan fingerprint density at radius 2 is 1.79 bits per heavy atom. The summed E-state index contributed by atoms with van der Waals surface area (Å²) in [7, 11) is -4.35. The Balaban J connectivity index is 1.90. The van der Waals surface area contributed by atoms with E-state index >= 15 is 0 Å². The van der Waals surface area contributed by atoms with Gasteiger partial charge in [0.2, 0.25) is 15.9 Å². The summed E-state index contributed by atoms with van der Waals surface area (Å²) in [6.07, 6.45) is 0.0356. The van der Waals surface area contributed by atoms with Gasteiger partial charge in [-0.05, 0) is 29.8 Å². The van der Waals surface area contributed by atoms with Gasteiger partial charge in [0.15, 0.2) is 11.6 Å². The summed E-state index contributed by atoms with van der Waals surface area (Å²) in [6, 6.07) is 16.9. The van der Waals surface area contributed by atoms with Crippen LogP contribution in [0.3, 0.4) is 0 Å². The van der Waals surface area contributed by atoms with Gasteiger partial charge in [0.25, 0.3) is 0 Å². The highest BCUT2D eigenvalue weighted by molar-refractivity contribution is 7.89. The first kappa shape index (κ1) is 20.8. The minimum absolute atomic E-state index is 0.0356. The Kier molecular flexibility index (Phi) is 6.17. The van der Waals surface area contributed by atoms with E-state index in [9.17, 15) is 17.6 Å². The van der Waals surface area contributed by atoms with E-state index in [1.165, 1.54) is 12.1 Å². The molecule has 0 fully saturated rings. The van der Waals surface area contributed by atoms with E-state index < -0.39 is 32.4 Å². The standard InChI is InChI=1S/C20H16ClFN2O4S/c21-14-7-4-8-16(10-14)28-20-17(22)11-15(12-18(20)29(23,26)27)24-19(25)9-13-5-2-1-3-6-13/h1-8,10-12H,9H2,(H,24,25)(H2,23,26,27). The lowest BCUT2D eigenvalue weighted by atomic mass is 10.1. The zero-order chi connectivity index (χ0) is 21.0. The smallest absolute Gasteiger partial charge is 0.241 e. The number of amides is 1. The zero-order valence-electron chi connectivity index (χ0n) is 14.9. The molecule has 0 bridgehead atoms. The molecule has 3 N–H and O–H groups in total. The van der Waals surface area contributed by atoms with E-state index in [4.69, 9.17) is 21.5 Å². The van der Waals surface area contributed by atoms with Crippen LogP contribution < -0.4 is 15.2 Å². The number of hydrogen-bond donors (Lipinski definition) is 2. The molecule has 0 spiro atoms. The maximum Gasteiger partial charge on any atom is 0.241 e. The lowest BCUT2D eigenvalue weighted by Crippen LogP contribution is -2.17. The van der Waals surface area contributed by atoms with E-state index in [0.717, 1.165) is 17.7 Å². The molecule has 150 valence electrons. The number of rotatable bonds is 6. The van der Waals surface area contributed by atoms with Crippen LogP contribution in [0.2, 0.25) is 5.02 Å². The Bertz CT molecular complexity index is 1150. The highest BCUT2D eigenvalue weighted by Crippen LogP contribution is 2.34. The lowest BCUT2D eigenvalue weighted by Gasteiger charge is -2.14. The number of hydrogen-bond acceptors (Lipinski definition) is 4. The van der Waals surface area contributed by atoms with Crippen molar-refractivity contribution in [3.05, 3.63) is 83.1 Å². The Labute approximate surface area is 172 Å². The normalized spacial score (nSPS) is 11.1. The van der Waals surface area contributed by atoms with Gasteiger partial charge >= 0.3 is 0 Å². The third-order valence-corrected chi connectivity index (χ3v) is 4.97. The topological polar surface area (TPSA) is 98.5 Å². The summed E-state index contributed by atoms with van der Waals surface area (Å²) >= 11 is 5.87. The molecule has 6 nitrogen and oxygen atoms in total. The van der Waals surface area contributed by atoms with Gasteiger partial charge < -0.3 is 10.1 Å². The Hall–Kier alpha value is -2.94. The fourth-order valence-corrected chi connectivity index (χ4v) is 3.45. The van der Waals surface area contributed by atoms with Gasteiger partial charge in [0.1, 0.15) is 10.6 Å². The van der Waals surface area contributed by atoms with Crippen molar-refractivity contribution in [1.82, 2.24) is 0 Å². The molecule has 3 aromatic carbocycles. The first-order valence-corrected chi connectivity index (χ1v) is 10.3. The van der Waals surface area contributed by atoms with Crippen LogP contribution in [-0.2, 0) is 21.2 Å². The molecule has 9 heteroatoms. The number of carbonyl (C=O) groups excluding carboxylic acids is 1. The summed E-state index contributed by atoms with van der Waals surface area (Å²) in [5.74, 6) is -1.91. The number of anilines is 1. The summed E-state index contributed by atoms with van der Waals surface area (Å²) in [5, 5.41) is 8.01. The molecule has 0 saturated carbocycles. The van der Waals surface area contributed by atoms with Crippen LogP contribution in [0.1, 0.15) is 5.56 Å². The average Bonchev–Trinajstić information content (AvgIpc) is 2.63. The number of sulfonamides is 1. The van der Waals surface area contributed by atoms with E-state index in [0.29, 0.717) is 5.02 Å². The van der Waals surface area contributed by atoms with E-state index in [2.05, 4.69) is 5.32 Å². The predicted molar refractivity (Wildman–Crippen MR) is 108 cm³/mol. The van der Waals surface area contributed by atoms with Gasteiger partial charge in [-0.25, -0.2) is 17.9 Å². The van der Waals surface area contributed by atoms with Crippen molar-refractivity contribution >= 4 is 33.2 Å². The van der Waals surface area contributed by atoms with Crippen LogP contribution in [0.5, 0.6) is 11.5 Å². The molecule has 0 aromatic heterocycles. The second kappa shape index (κ2) is 8.60. The second-order valence-corrected chi connectivity index (χ2v) is 8.07. The highest BCUT2D eigenvalue weighted by Gasteiger charge is 2.22. The van der Waals surface area contributed by atoms with E-state index in [-0.39, 0.29) is 17.9 Å². The van der Waals surface area contributed by atoms with Gasteiger partial charge in [-0.15, -0.1) is 0 Å². The molecule has 0 aliphatic heterocycles. The van der Waals surface area contributed by atoms with Crippen molar-refractivity contribution in [3.8, 4) is 11.5 Å². The first-order valence-electron chi connectivity index (χ1n) is 8.36. The average molecular weight is 435 g/mol. The van der Waals surface area contributed by atoms with Crippen LogP contribution in [0.15, 0.2) is 71.6 Å². The SMILES string of the molecule is NS(=O)(=O)c1cc(NC(=O)Cc2ccccc2)cc(F)c1Oc1cccc(Cl)c1. The molecule has 0 saturated heterocycles. The molecule has 1 amide bonds. The summed E-state index contributed by atoms with van der Waals surface area (Å²) in [4.78, 5) is 11.6. The number of halogens is 2. The third-order valence-electron chi connectivity index (χ3n) is 3.82. The van der Waals surface area contributed by atoms with E-state index in [1.807, 2.05) is 6.07 Å². The Morgan fingerprint density at radius 1 is 1.07 bits per heavy atom. The molecule has 0 aliphatic carbocycles. The number of nitrogens with one attached hydrogen (secondary N) is 1. The lowest BCUT2D eigenvalue weighted by molar-refractivity contribution is -0.115. The third kappa shape index (κ3) is 5.54. The quantitative estimate of drug-likeness (QED) is 0.610. The van der Waals surface area contributed by atoms with Crippen molar-refractivity contribution in [2.45, 2.75) is 11.3 Å². The molecule has 0 unspecified atom stereocenters. The highest BCUT2D eigenvalue weighted by atomic mass is 35.5. The van der Waals surface area contributed by atoms with Gasteiger partial charge in [0, 0.05) is 16.8 Å². The van der Waals surface area contributed by atoms with Crippen molar-refractivity contribution in [1.29, 1.82) is 0 Å². The summed E-state index contributed by atoms with van der Waals surface area (Å²) in [5.41, 5.74) is 0.684. The zero-order valence-corrected chi connectivity index (χ0v) is 16.5. The van der Waals surface area contributed by atoms with Gasteiger partial charge in [-0.2, -0.15) is 0 Å². The fourth-order valence-electron chi connectivity index (χ4n) is 2.59. The van der Waals surface area contributed by atoms with Crippen molar-refractivity contribution < 1.29 is 22.3 Å². The largest absolute Gasteiger partial charge is 0.453 e. The van der Waals surface area contributed by atoms with Crippen molar-refractivity contribution in [2.75, 3.05) is 5.32 Å². The summed E-state index contributed by atoms with van der Waals surface area (Å²) < 4.78 is 44.0. The van der Waals surface area contributed by atoms with Crippen molar-refractivity contribution in [2.24, 2.45) is 5.14 Å². The molecule has 0 atom stereocenters. The number of ether oxygens (including phenoxy) is 1. The van der Waals surface area contributed by atoms with Crippen LogP contribution >= 0.6 is 11.6 Å². The van der Waals surface area contributed by atoms with Gasteiger partial charge in [-0.1, -0.05) is 48.0 Å². The molecule has 29 heavy (non-hydrogen) atoms. The molecule has 3 aromatic rings. The molecular formula is C20H16ClFN2O4S. The van der Waals surface area contributed by atoms with E-state index in [1.54, 1.807) is 36.4 Å². The van der Waals surface area contributed by atoms with Gasteiger partial charge in [-0.3, -0.25) is 4.79 Å². The first-order chi connectivity index (χ1) is 13.7. The Morgan fingerprint density at radius 3 is 2.45 bits per heavy atom. The number of benzene rings is 3. The number of nitrogens with two attached hydrogens (primary N) is 1. The second-order valence-electron chi connectivity index (χ2n) is 6.10. The van der Waals surface area contributed by atoms with Crippen LogP contribution in [0.25, 0.3) is 0 Å². The molecular weight excluding hydrogens is 419 g/mol. The number of carbonyl (C=O) groups is 1. The van der Waals surface area contributed by atoms with Crippen LogP contribution in [0.4, 0.5) is 10.1 Å². The molecule has 3 rings (SSSR count). The molecule has 0 aliphatic rings. The van der Waals surface area contributed by atoms with Crippen LogP contribution in [-0.4, -0.2) is 14.3 Å². The predicted octanol–water partition coefficient (Wildman–Crippen LogP) is 4.10. The van der Waals surface area contributed by atoms with Gasteiger partial charge in [0.05, 0.1) is 6.42 Å². The fraction of sp³-hybridized carbons (Fsp3) is 0.0500. The molecule has 0 radical (unpaired) electrons.